The van der Waals surface area contributed by atoms with Gasteiger partial charge in [0.05, 0.1) is 6.07 Å². The van der Waals surface area contributed by atoms with E-state index < -0.39 is 10.2 Å². The van der Waals surface area contributed by atoms with Gasteiger partial charge in [-0.15, -0.1) is 10.2 Å². The summed E-state index contributed by atoms with van der Waals surface area (Å²) in [5, 5.41) is 9.51. The minimum absolute atomic E-state index is 0.151. The summed E-state index contributed by atoms with van der Waals surface area (Å²) in [5.74, 6) is 0.151. The van der Waals surface area contributed by atoms with E-state index in [0.717, 1.165) is 13.1 Å². The lowest BCUT2D eigenvalue weighted by Gasteiger charge is -2.17. The fourth-order valence-electron chi connectivity index (χ4n) is 1.54. The van der Waals surface area contributed by atoms with Crippen LogP contribution in [-0.4, -0.2) is 18.2 Å². The van der Waals surface area contributed by atoms with Gasteiger partial charge in [-0.25, -0.2) is 18.6 Å². The van der Waals surface area contributed by atoms with Gasteiger partial charge in [0.25, 0.3) is 0 Å². The van der Waals surface area contributed by atoms with Gasteiger partial charge in [-0.2, -0.15) is 4.58 Å². The highest BCUT2D eigenvalue weighted by Gasteiger charge is 2.15. The van der Waals surface area contributed by atoms with E-state index in [2.05, 4.69) is 4.58 Å². The molecule has 1 aliphatic heterocycles. The van der Waals surface area contributed by atoms with Gasteiger partial charge in [-0.3, -0.25) is 0 Å². The third kappa shape index (κ3) is 6.20. The topological polar surface area (TPSA) is 129 Å². The molecular formula is C9H11Cl2NO6. The van der Waals surface area contributed by atoms with Crippen LogP contribution >= 0.6 is 11.6 Å². The van der Waals surface area contributed by atoms with E-state index in [9.17, 15) is 5.11 Å². The van der Waals surface area contributed by atoms with Crippen LogP contribution in [0.2, 0.25) is 5.22 Å². The third-order valence-corrected chi connectivity index (χ3v) is 2.34. The van der Waals surface area contributed by atoms with Crippen molar-refractivity contribution in [2.45, 2.75) is 12.8 Å². The molecule has 0 saturated carbocycles. The van der Waals surface area contributed by atoms with Gasteiger partial charge in [0.2, 0.25) is 5.22 Å². The summed E-state index contributed by atoms with van der Waals surface area (Å²) in [6.45, 7) is 1.95. The number of nitrogens with zero attached hydrogens (tertiary/aromatic N) is 1. The molecule has 0 aliphatic carbocycles. The summed E-state index contributed by atoms with van der Waals surface area (Å²) in [4.78, 5) is 0. The molecule has 7 nitrogen and oxygen atoms in total. The molecule has 0 aromatic carbocycles. The van der Waals surface area contributed by atoms with Crippen molar-refractivity contribution in [1.82, 2.24) is 4.58 Å². The molecule has 1 N–H and O–H groups in total. The summed E-state index contributed by atoms with van der Waals surface area (Å²) < 4.78 is 41.3. The van der Waals surface area contributed by atoms with Crippen LogP contribution in [0, 0.1) is 10.2 Å². The van der Waals surface area contributed by atoms with Crippen LogP contribution in [0.15, 0.2) is 16.5 Å². The van der Waals surface area contributed by atoms with E-state index in [0.29, 0.717) is 5.55 Å². The second kappa shape index (κ2) is 6.37. The maximum Gasteiger partial charge on any atom is 0.372 e. The standard InChI is InChI=1S/C9H10ClNO2.ClHO4/c10-8-5-7(12)6-9(13-8)11-3-1-2-4-11;2-1(3,4)5/h5-6H,1-4H2;(H,2,3,4,5). The lowest BCUT2D eigenvalue weighted by molar-refractivity contribution is -2.00. The first-order valence-corrected chi connectivity index (χ1v) is 6.56. The Balaban J connectivity index is 0.000000280. The molecule has 0 bridgehead atoms. The summed E-state index contributed by atoms with van der Waals surface area (Å²) in [6.07, 6.45) is 2.34. The lowest BCUT2D eigenvalue weighted by atomic mass is 10.4. The zero-order valence-electron chi connectivity index (χ0n) is 9.17. The highest BCUT2D eigenvalue weighted by Crippen LogP contribution is 2.12. The fraction of sp³-hybridized carbons (Fsp3) is 0.444. The predicted octanol–water partition coefficient (Wildman–Crippen LogP) is -3.55. The Bertz CT molecular complexity index is 430. The van der Waals surface area contributed by atoms with Crippen LogP contribution in [0.4, 0.5) is 0 Å². The molecule has 0 atom stereocenters. The maximum atomic E-state index is 9.28. The largest absolute Gasteiger partial charge is 0.507 e. The number of halogens is 2. The summed E-state index contributed by atoms with van der Waals surface area (Å²) in [6, 6.07) is 2.98. The van der Waals surface area contributed by atoms with Crippen LogP contribution in [0.25, 0.3) is 0 Å². The van der Waals surface area contributed by atoms with Crippen molar-refractivity contribution >= 4 is 11.6 Å². The molecular weight excluding hydrogens is 289 g/mol. The zero-order chi connectivity index (χ0) is 13.8. The molecule has 1 aromatic heterocycles. The first-order valence-electron chi connectivity index (χ1n) is 4.95. The van der Waals surface area contributed by atoms with Gasteiger partial charge >= 0.3 is 5.55 Å². The van der Waals surface area contributed by atoms with Gasteiger partial charge in [0, 0.05) is 18.9 Å². The molecule has 2 heterocycles. The Labute approximate surface area is 110 Å². The van der Waals surface area contributed by atoms with E-state index in [1.54, 1.807) is 6.07 Å². The Hall–Kier alpha value is -0.830. The smallest absolute Gasteiger partial charge is 0.372 e. The van der Waals surface area contributed by atoms with Gasteiger partial charge < -0.3 is 9.52 Å². The van der Waals surface area contributed by atoms with Gasteiger partial charge in [-0.1, -0.05) is 0 Å². The zero-order valence-corrected chi connectivity index (χ0v) is 10.7. The molecule has 0 radical (unpaired) electrons. The van der Waals surface area contributed by atoms with E-state index >= 15 is 0 Å². The van der Waals surface area contributed by atoms with Crippen LogP contribution in [0.1, 0.15) is 12.8 Å². The molecule has 1 saturated heterocycles. The highest BCUT2D eigenvalue weighted by atomic mass is 35.7. The Morgan fingerprint density at radius 3 is 2.11 bits per heavy atom. The van der Waals surface area contributed by atoms with Crippen LogP contribution in [0.5, 0.6) is 5.75 Å². The predicted molar refractivity (Wildman–Crippen MR) is 49.6 cm³/mol. The van der Waals surface area contributed by atoms with Crippen LogP contribution in [-0.2, 0) is 0 Å². The fourth-order valence-corrected chi connectivity index (χ4v) is 1.73. The van der Waals surface area contributed by atoms with Crippen molar-refractivity contribution in [3.05, 3.63) is 22.9 Å². The Kier molecular flexibility index (Phi) is 5.39. The van der Waals surface area contributed by atoms with Crippen molar-refractivity contribution in [3.63, 3.8) is 0 Å². The summed E-state index contributed by atoms with van der Waals surface area (Å²) in [5.41, 5.74) is 0.655. The van der Waals surface area contributed by atoms with Crippen molar-refractivity contribution in [2.75, 3.05) is 13.1 Å². The average Bonchev–Trinajstić information content (AvgIpc) is 2.65. The number of hydrogen-bond acceptors (Lipinski definition) is 6. The summed E-state index contributed by atoms with van der Waals surface area (Å²) >= 11 is 5.68. The second-order valence-corrected chi connectivity index (χ2v) is 4.66. The van der Waals surface area contributed by atoms with Gasteiger partial charge in [0.15, 0.2) is 0 Å². The minimum atomic E-state index is -4.94. The van der Waals surface area contributed by atoms with E-state index in [1.165, 1.54) is 18.9 Å². The Morgan fingerprint density at radius 2 is 1.67 bits per heavy atom. The first-order chi connectivity index (χ1) is 8.25. The highest BCUT2D eigenvalue weighted by molar-refractivity contribution is 6.28. The molecule has 2 rings (SSSR count). The SMILES string of the molecule is Oc1cc(Cl)oc(=[N+]2CCCC2)c1.[O-][Cl+3]([O-])([O-])[O-]. The normalized spacial score (nSPS) is 15.3. The van der Waals surface area contributed by atoms with Crippen molar-refractivity contribution in [1.29, 1.82) is 0 Å². The lowest BCUT2D eigenvalue weighted by Crippen LogP contribution is -2.68. The maximum absolute atomic E-state index is 9.28. The number of rotatable bonds is 0. The Morgan fingerprint density at radius 1 is 1.17 bits per heavy atom. The molecule has 1 aliphatic rings. The molecule has 1 fully saturated rings. The van der Waals surface area contributed by atoms with Crippen molar-refractivity contribution < 1.29 is 38.4 Å². The van der Waals surface area contributed by atoms with Crippen LogP contribution in [0.3, 0.4) is 0 Å². The number of aromatic hydroxyl groups is 1. The molecule has 1 aromatic rings. The molecule has 0 spiro atoms. The molecule has 9 heteroatoms. The number of hydrogen-bond donors (Lipinski definition) is 1. The van der Waals surface area contributed by atoms with Gasteiger partial charge in [0.1, 0.15) is 18.8 Å². The first kappa shape index (κ1) is 15.2. The average molecular weight is 300 g/mol. The monoisotopic (exact) mass is 299 g/mol. The van der Waals surface area contributed by atoms with Crippen molar-refractivity contribution in [3.8, 4) is 5.75 Å². The molecule has 0 unspecified atom stereocenters. The van der Waals surface area contributed by atoms with E-state index in [-0.39, 0.29) is 11.0 Å². The van der Waals surface area contributed by atoms with Crippen molar-refractivity contribution in [2.24, 2.45) is 0 Å². The third-order valence-electron chi connectivity index (χ3n) is 2.15. The van der Waals surface area contributed by atoms with Crippen LogP contribution < -0.4 is 28.8 Å². The minimum Gasteiger partial charge on any atom is -0.507 e. The quantitative estimate of drug-likeness (QED) is 0.494. The molecule has 102 valence electrons. The molecule has 0 amide bonds. The van der Waals surface area contributed by atoms with E-state index in [4.69, 9.17) is 34.7 Å². The second-order valence-electron chi connectivity index (χ2n) is 3.53. The van der Waals surface area contributed by atoms with E-state index in [1.807, 2.05) is 0 Å². The molecule has 18 heavy (non-hydrogen) atoms. The van der Waals surface area contributed by atoms with Gasteiger partial charge in [-0.05, 0) is 11.6 Å². The summed E-state index contributed by atoms with van der Waals surface area (Å²) in [7, 11) is -4.94.